The first-order valence-electron chi connectivity index (χ1n) is 7.98. The van der Waals surface area contributed by atoms with Gasteiger partial charge in [-0.25, -0.2) is 0 Å². The van der Waals surface area contributed by atoms with E-state index in [1.165, 1.54) is 25.9 Å². The average molecular weight is 283 g/mol. The highest BCUT2D eigenvalue weighted by molar-refractivity contribution is 5.80. The fourth-order valence-corrected chi connectivity index (χ4v) is 3.02. The van der Waals surface area contributed by atoms with Crippen LogP contribution in [-0.4, -0.2) is 84.2 Å². The Morgan fingerprint density at radius 1 is 1.05 bits per heavy atom. The molecule has 2 aliphatic heterocycles. The smallest absolute Gasteiger partial charge is 0.251 e. The van der Waals surface area contributed by atoms with Gasteiger partial charge in [0.15, 0.2) is 0 Å². The van der Waals surface area contributed by atoms with Crippen molar-refractivity contribution in [3.05, 3.63) is 0 Å². The Morgan fingerprint density at radius 3 is 2.05 bits per heavy atom. The van der Waals surface area contributed by atoms with Gasteiger partial charge in [-0.15, -0.1) is 0 Å². The van der Waals surface area contributed by atoms with Gasteiger partial charge in [0.25, 0.3) is 5.91 Å². The van der Waals surface area contributed by atoms with Crippen LogP contribution in [0.25, 0.3) is 0 Å². The maximum Gasteiger partial charge on any atom is 0.251 e. The van der Waals surface area contributed by atoms with Gasteiger partial charge in [-0.2, -0.15) is 0 Å². The second kappa shape index (κ2) is 7.38. The van der Waals surface area contributed by atoms with E-state index in [1.54, 1.807) is 11.8 Å². The number of likely N-dealkylation sites (tertiary alicyclic amines) is 1. The first-order valence-corrected chi connectivity index (χ1v) is 7.98. The van der Waals surface area contributed by atoms with Crippen LogP contribution in [0.5, 0.6) is 0 Å². The molecule has 0 aliphatic carbocycles. The molecule has 0 radical (unpaired) electrons. The lowest BCUT2D eigenvalue weighted by Gasteiger charge is -2.37. The number of aliphatic hydroxyl groups is 1. The quantitative estimate of drug-likeness (QED) is 0.803. The van der Waals surface area contributed by atoms with Crippen LogP contribution < -0.4 is 0 Å². The molecule has 2 saturated heterocycles. The topological polar surface area (TPSA) is 47.0 Å². The van der Waals surface area contributed by atoms with Crippen molar-refractivity contribution in [1.82, 2.24) is 14.7 Å². The highest BCUT2D eigenvalue weighted by atomic mass is 16.3. The summed E-state index contributed by atoms with van der Waals surface area (Å²) in [5.74, 6) is 0.760. The number of rotatable bonds is 4. The molecule has 0 saturated carbocycles. The molecule has 116 valence electrons. The third kappa shape index (κ3) is 4.43. The Labute approximate surface area is 122 Å². The molecule has 1 unspecified atom stereocenters. The Balaban J connectivity index is 1.63. The van der Waals surface area contributed by atoms with E-state index < -0.39 is 6.10 Å². The Kier molecular flexibility index (Phi) is 5.81. The molecule has 1 atom stereocenters. The average Bonchev–Trinajstić information content (AvgIpc) is 2.46. The van der Waals surface area contributed by atoms with E-state index in [9.17, 15) is 9.90 Å². The van der Waals surface area contributed by atoms with E-state index >= 15 is 0 Å². The van der Waals surface area contributed by atoms with Gasteiger partial charge in [0.2, 0.25) is 0 Å². The molecule has 5 nitrogen and oxygen atoms in total. The summed E-state index contributed by atoms with van der Waals surface area (Å²) < 4.78 is 0. The molecule has 0 bridgehead atoms. The summed E-state index contributed by atoms with van der Waals surface area (Å²) in [5, 5.41) is 9.32. The van der Waals surface area contributed by atoms with Crippen molar-refractivity contribution >= 4 is 5.91 Å². The van der Waals surface area contributed by atoms with Crippen molar-refractivity contribution in [2.75, 3.05) is 52.4 Å². The molecule has 0 spiro atoms. The summed E-state index contributed by atoms with van der Waals surface area (Å²) in [7, 11) is 0. The van der Waals surface area contributed by atoms with Crippen molar-refractivity contribution in [2.24, 2.45) is 5.92 Å². The third-order valence-corrected chi connectivity index (χ3v) is 4.65. The molecule has 0 aromatic heterocycles. The van der Waals surface area contributed by atoms with Gasteiger partial charge < -0.3 is 14.9 Å². The van der Waals surface area contributed by atoms with Gasteiger partial charge in [-0.1, -0.05) is 6.92 Å². The molecule has 1 N–H and O–H groups in total. The van der Waals surface area contributed by atoms with Crippen LogP contribution in [0.3, 0.4) is 0 Å². The number of hydrogen-bond acceptors (Lipinski definition) is 4. The first kappa shape index (κ1) is 15.7. The monoisotopic (exact) mass is 283 g/mol. The number of hydrogen-bond donors (Lipinski definition) is 1. The van der Waals surface area contributed by atoms with Gasteiger partial charge in [0.05, 0.1) is 0 Å². The van der Waals surface area contributed by atoms with E-state index in [2.05, 4.69) is 16.7 Å². The summed E-state index contributed by atoms with van der Waals surface area (Å²) in [6.45, 7) is 12.0. The SMILES string of the molecule is CC1CCN(CCN2CCN(C(=O)C(C)O)CC2)CC1. The minimum atomic E-state index is -0.864. The number of piperidine rings is 1. The fraction of sp³-hybridized carbons (Fsp3) is 0.933. The van der Waals surface area contributed by atoms with Crippen LogP contribution >= 0.6 is 0 Å². The highest BCUT2D eigenvalue weighted by Crippen LogP contribution is 2.15. The van der Waals surface area contributed by atoms with E-state index in [1.807, 2.05) is 0 Å². The van der Waals surface area contributed by atoms with Crippen LogP contribution in [0, 0.1) is 5.92 Å². The van der Waals surface area contributed by atoms with Gasteiger partial charge in [-0.3, -0.25) is 9.69 Å². The minimum Gasteiger partial charge on any atom is -0.384 e. The van der Waals surface area contributed by atoms with Crippen molar-refractivity contribution in [3.8, 4) is 0 Å². The van der Waals surface area contributed by atoms with E-state index in [0.29, 0.717) is 0 Å². The molecular weight excluding hydrogens is 254 g/mol. The van der Waals surface area contributed by atoms with E-state index in [-0.39, 0.29) is 5.91 Å². The van der Waals surface area contributed by atoms with Crippen LogP contribution in [0.1, 0.15) is 26.7 Å². The van der Waals surface area contributed by atoms with E-state index in [4.69, 9.17) is 0 Å². The third-order valence-electron chi connectivity index (χ3n) is 4.65. The molecule has 5 heteroatoms. The zero-order valence-electron chi connectivity index (χ0n) is 12.9. The number of carbonyl (C=O) groups is 1. The van der Waals surface area contributed by atoms with Crippen molar-refractivity contribution in [1.29, 1.82) is 0 Å². The fourth-order valence-electron chi connectivity index (χ4n) is 3.02. The number of amides is 1. The number of piperazine rings is 1. The molecule has 2 rings (SSSR count). The Morgan fingerprint density at radius 2 is 1.55 bits per heavy atom. The van der Waals surface area contributed by atoms with Gasteiger partial charge in [0.1, 0.15) is 6.10 Å². The Bertz CT molecular complexity index is 306. The predicted octanol–water partition coefficient (Wildman–Crippen LogP) is 0.243. The zero-order valence-corrected chi connectivity index (χ0v) is 12.9. The molecule has 2 aliphatic rings. The lowest BCUT2D eigenvalue weighted by Crippen LogP contribution is -2.52. The number of nitrogens with zero attached hydrogens (tertiary/aromatic N) is 3. The summed E-state index contributed by atoms with van der Waals surface area (Å²) in [6, 6.07) is 0. The highest BCUT2D eigenvalue weighted by Gasteiger charge is 2.24. The second-order valence-corrected chi connectivity index (χ2v) is 6.37. The largest absolute Gasteiger partial charge is 0.384 e. The van der Waals surface area contributed by atoms with Crippen LogP contribution in [0.2, 0.25) is 0 Å². The van der Waals surface area contributed by atoms with Crippen molar-refractivity contribution in [2.45, 2.75) is 32.8 Å². The molecule has 0 aromatic rings. The van der Waals surface area contributed by atoms with Crippen LogP contribution in [0.4, 0.5) is 0 Å². The van der Waals surface area contributed by atoms with Crippen LogP contribution in [0.15, 0.2) is 0 Å². The van der Waals surface area contributed by atoms with Gasteiger partial charge in [0, 0.05) is 39.3 Å². The lowest BCUT2D eigenvalue weighted by molar-refractivity contribution is -0.141. The Hall–Kier alpha value is -0.650. The van der Waals surface area contributed by atoms with Gasteiger partial charge in [-0.05, 0) is 38.8 Å². The zero-order chi connectivity index (χ0) is 14.5. The normalized spacial score (nSPS) is 24.9. The maximum atomic E-state index is 11.7. The lowest BCUT2D eigenvalue weighted by atomic mass is 9.99. The van der Waals surface area contributed by atoms with Crippen LogP contribution in [-0.2, 0) is 4.79 Å². The first-order chi connectivity index (χ1) is 9.56. The van der Waals surface area contributed by atoms with E-state index in [0.717, 1.165) is 45.2 Å². The number of aliphatic hydroxyl groups excluding tert-OH is 1. The standard InChI is InChI=1S/C15H29N3O2/c1-13-3-5-16(6-4-13)7-8-17-9-11-18(12-10-17)15(20)14(2)19/h13-14,19H,3-12H2,1-2H3. The van der Waals surface area contributed by atoms with Crippen molar-refractivity contribution in [3.63, 3.8) is 0 Å². The molecule has 0 aromatic carbocycles. The summed E-state index contributed by atoms with van der Waals surface area (Å²) in [5.41, 5.74) is 0. The van der Waals surface area contributed by atoms with Crippen molar-refractivity contribution < 1.29 is 9.90 Å². The predicted molar refractivity (Wildman–Crippen MR) is 79.5 cm³/mol. The molecule has 2 heterocycles. The molecule has 1 amide bonds. The summed E-state index contributed by atoms with van der Waals surface area (Å²) in [4.78, 5) is 18.5. The molecular formula is C15H29N3O2. The molecule has 2 fully saturated rings. The van der Waals surface area contributed by atoms with Gasteiger partial charge >= 0.3 is 0 Å². The molecule has 20 heavy (non-hydrogen) atoms. The summed E-state index contributed by atoms with van der Waals surface area (Å²) >= 11 is 0. The number of carbonyl (C=O) groups excluding carboxylic acids is 1. The maximum absolute atomic E-state index is 11.7. The second-order valence-electron chi connectivity index (χ2n) is 6.37. The summed E-state index contributed by atoms with van der Waals surface area (Å²) in [6.07, 6.45) is 1.80. The minimum absolute atomic E-state index is 0.130.